The number of furan rings is 1. The van der Waals surface area contributed by atoms with E-state index in [2.05, 4.69) is 15.8 Å². The molecule has 2 amide bonds. The van der Waals surface area contributed by atoms with Gasteiger partial charge in [-0.05, 0) is 49.4 Å². The Hall–Kier alpha value is -3.82. The average molecular weight is 504 g/mol. The summed E-state index contributed by atoms with van der Waals surface area (Å²) in [6.07, 6.45) is 1.27. The highest BCUT2D eigenvalue weighted by Crippen LogP contribution is 2.26. The van der Waals surface area contributed by atoms with Crippen molar-refractivity contribution in [2.75, 3.05) is 6.61 Å². The first kappa shape index (κ1) is 24.8. The van der Waals surface area contributed by atoms with Gasteiger partial charge in [0.05, 0.1) is 21.8 Å². The third kappa shape index (κ3) is 6.60. The van der Waals surface area contributed by atoms with Crippen molar-refractivity contribution in [3.05, 3.63) is 76.0 Å². The van der Waals surface area contributed by atoms with Gasteiger partial charge < -0.3 is 19.6 Å². The van der Waals surface area contributed by atoms with Gasteiger partial charge in [-0.15, -0.1) is 0 Å². The van der Waals surface area contributed by atoms with E-state index in [0.717, 1.165) is 0 Å². The number of amides is 2. The number of hydrogen-bond donors (Lipinski definition) is 3. The maximum absolute atomic E-state index is 12.2. The Morgan fingerprint density at radius 3 is 2.62 bits per heavy atom. The van der Waals surface area contributed by atoms with E-state index >= 15 is 0 Å². The SMILES string of the molecule is C[C@@H](NC(=O)COc1ccccc1Cl)C(=O)N/N=C\c1ccc(-c2ccc(Cl)c(C(=O)O)c2)o1. The van der Waals surface area contributed by atoms with Crippen molar-refractivity contribution in [3.8, 4) is 17.1 Å². The fourth-order valence-electron chi connectivity index (χ4n) is 2.73. The number of para-hydroxylation sites is 1. The van der Waals surface area contributed by atoms with Gasteiger partial charge in [0.1, 0.15) is 23.3 Å². The summed E-state index contributed by atoms with van der Waals surface area (Å²) in [4.78, 5) is 35.4. The number of carbonyl (C=O) groups excluding carboxylic acids is 2. The Bertz CT molecular complexity index is 1240. The fourth-order valence-corrected chi connectivity index (χ4v) is 3.12. The molecule has 0 unspecified atom stereocenters. The molecule has 3 rings (SSSR count). The lowest BCUT2D eigenvalue weighted by atomic mass is 10.1. The minimum absolute atomic E-state index is 0.0497. The predicted octanol–water partition coefficient (Wildman–Crippen LogP) is 3.99. The Morgan fingerprint density at radius 1 is 1.12 bits per heavy atom. The van der Waals surface area contributed by atoms with Gasteiger partial charge in [0.25, 0.3) is 11.8 Å². The summed E-state index contributed by atoms with van der Waals surface area (Å²) in [6.45, 7) is 1.18. The van der Waals surface area contributed by atoms with Gasteiger partial charge in [-0.3, -0.25) is 9.59 Å². The molecule has 1 atom stereocenters. The lowest BCUT2D eigenvalue weighted by Crippen LogP contribution is -2.45. The number of halogens is 2. The summed E-state index contributed by atoms with van der Waals surface area (Å²) in [5, 5.41) is 16.0. The van der Waals surface area contributed by atoms with E-state index in [1.54, 1.807) is 42.5 Å². The summed E-state index contributed by atoms with van der Waals surface area (Å²) < 4.78 is 10.9. The molecule has 0 spiro atoms. The number of carboxylic acid groups (broad SMARTS) is 1. The van der Waals surface area contributed by atoms with Crippen molar-refractivity contribution in [1.29, 1.82) is 0 Å². The van der Waals surface area contributed by atoms with Crippen LogP contribution in [0.25, 0.3) is 11.3 Å². The van der Waals surface area contributed by atoms with E-state index in [1.807, 2.05) is 0 Å². The van der Waals surface area contributed by atoms with Crippen molar-refractivity contribution < 1.29 is 28.6 Å². The number of ether oxygens (including phenoxy) is 1. The van der Waals surface area contributed by atoms with Gasteiger partial charge in [-0.1, -0.05) is 35.3 Å². The number of carboxylic acids is 1. The zero-order chi connectivity index (χ0) is 24.7. The van der Waals surface area contributed by atoms with E-state index in [9.17, 15) is 19.5 Å². The van der Waals surface area contributed by atoms with Crippen LogP contribution in [0, 0.1) is 0 Å². The molecule has 0 bridgehead atoms. The van der Waals surface area contributed by atoms with Crippen LogP contribution in [0.4, 0.5) is 0 Å². The number of benzene rings is 2. The smallest absolute Gasteiger partial charge is 0.337 e. The Kier molecular flexibility index (Phi) is 8.29. The van der Waals surface area contributed by atoms with Gasteiger partial charge in [0.15, 0.2) is 6.61 Å². The first-order valence-corrected chi connectivity index (χ1v) is 10.6. The van der Waals surface area contributed by atoms with Crippen molar-refractivity contribution in [2.45, 2.75) is 13.0 Å². The molecule has 0 saturated heterocycles. The van der Waals surface area contributed by atoms with Gasteiger partial charge >= 0.3 is 5.97 Å². The van der Waals surface area contributed by atoms with Crippen LogP contribution in [-0.2, 0) is 9.59 Å². The third-order valence-corrected chi connectivity index (χ3v) is 5.08. The molecule has 0 aliphatic heterocycles. The van der Waals surface area contributed by atoms with Crippen LogP contribution in [0.5, 0.6) is 5.75 Å². The Labute approximate surface area is 204 Å². The van der Waals surface area contributed by atoms with Crippen molar-refractivity contribution in [2.24, 2.45) is 5.10 Å². The highest BCUT2D eigenvalue weighted by Gasteiger charge is 2.16. The Morgan fingerprint density at radius 2 is 1.88 bits per heavy atom. The maximum atomic E-state index is 12.2. The molecule has 176 valence electrons. The zero-order valence-corrected chi connectivity index (χ0v) is 19.3. The first-order valence-electron chi connectivity index (χ1n) is 9.87. The van der Waals surface area contributed by atoms with E-state index < -0.39 is 23.8 Å². The van der Waals surface area contributed by atoms with Crippen molar-refractivity contribution in [1.82, 2.24) is 10.7 Å². The molecule has 0 saturated carbocycles. The molecule has 0 aliphatic rings. The standard InChI is InChI=1S/C23H19Cl2N3O6/c1-13(27-21(29)12-33-20-5-3-2-4-18(20)25)22(30)28-26-11-15-7-9-19(34-15)14-6-8-17(24)16(10-14)23(31)32/h2-11,13H,12H2,1H3,(H,27,29)(H,28,30)(H,31,32)/b26-11-/t13-/m1/s1. The molecule has 2 aromatic carbocycles. The second-order valence-corrected chi connectivity index (χ2v) is 7.76. The topological polar surface area (TPSA) is 130 Å². The number of carbonyl (C=O) groups is 3. The molecule has 0 aliphatic carbocycles. The number of aromatic carboxylic acids is 1. The van der Waals surface area contributed by atoms with E-state index in [0.29, 0.717) is 27.9 Å². The summed E-state index contributed by atoms with van der Waals surface area (Å²) in [7, 11) is 0. The average Bonchev–Trinajstić information content (AvgIpc) is 3.27. The third-order valence-electron chi connectivity index (χ3n) is 4.44. The van der Waals surface area contributed by atoms with Crippen LogP contribution in [0.15, 0.2) is 64.1 Å². The molecular formula is C23H19Cl2N3O6. The second kappa shape index (κ2) is 11.4. The maximum Gasteiger partial charge on any atom is 0.337 e. The Balaban J connectivity index is 1.50. The lowest BCUT2D eigenvalue weighted by Gasteiger charge is -2.13. The quantitative estimate of drug-likeness (QED) is 0.299. The summed E-state index contributed by atoms with van der Waals surface area (Å²) in [5.74, 6) is -1.15. The molecule has 9 nitrogen and oxygen atoms in total. The van der Waals surface area contributed by atoms with Crippen LogP contribution in [0.1, 0.15) is 23.0 Å². The summed E-state index contributed by atoms with van der Waals surface area (Å²) >= 11 is 11.8. The minimum Gasteiger partial charge on any atom is -0.482 e. The second-order valence-electron chi connectivity index (χ2n) is 6.94. The van der Waals surface area contributed by atoms with Gasteiger partial charge in [-0.2, -0.15) is 5.10 Å². The van der Waals surface area contributed by atoms with E-state index in [1.165, 1.54) is 25.3 Å². The number of hydrazone groups is 1. The van der Waals surface area contributed by atoms with Gasteiger partial charge in [0.2, 0.25) is 0 Å². The van der Waals surface area contributed by atoms with Crippen LogP contribution in [0.3, 0.4) is 0 Å². The number of rotatable bonds is 9. The van der Waals surface area contributed by atoms with Crippen molar-refractivity contribution >= 4 is 47.2 Å². The predicted molar refractivity (Wildman–Crippen MR) is 126 cm³/mol. The normalized spacial score (nSPS) is 11.7. The van der Waals surface area contributed by atoms with Gasteiger partial charge in [0, 0.05) is 5.56 Å². The molecule has 1 aromatic heterocycles. The molecule has 0 radical (unpaired) electrons. The van der Waals surface area contributed by atoms with Crippen LogP contribution in [0.2, 0.25) is 10.0 Å². The van der Waals surface area contributed by atoms with Crippen LogP contribution in [-0.4, -0.2) is 41.8 Å². The number of hydrogen-bond acceptors (Lipinski definition) is 6. The molecular weight excluding hydrogens is 485 g/mol. The minimum atomic E-state index is -1.15. The zero-order valence-electron chi connectivity index (χ0n) is 17.7. The van der Waals surface area contributed by atoms with Crippen molar-refractivity contribution in [3.63, 3.8) is 0 Å². The largest absolute Gasteiger partial charge is 0.482 e. The summed E-state index contributed by atoms with van der Waals surface area (Å²) in [5.41, 5.74) is 2.76. The molecule has 34 heavy (non-hydrogen) atoms. The molecule has 3 aromatic rings. The monoisotopic (exact) mass is 503 g/mol. The first-order chi connectivity index (χ1) is 16.2. The number of nitrogens with one attached hydrogen (secondary N) is 2. The van der Waals surface area contributed by atoms with E-state index in [-0.39, 0.29) is 17.2 Å². The van der Waals surface area contributed by atoms with Crippen LogP contribution >= 0.6 is 23.2 Å². The molecule has 1 heterocycles. The highest BCUT2D eigenvalue weighted by molar-refractivity contribution is 6.33. The highest BCUT2D eigenvalue weighted by atomic mass is 35.5. The van der Waals surface area contributed by atoms with E-state index in [4.69, 9.17) is 32.4 Å². The summed E-state index contributed by atoms with van der Waals surface area (Å²) in [6, 6.07) is 13.5. The van der Waals surface area contributed by atoms with Crippen LogP contribution < -0.4 is 15.5 Å². The number of nitrogens with zero attached hydrogens (tertiary/aromatic N) is 1. The van der Waals surface area contributed by atoms with Gasteiger partial charge in [-0.25, -0.2) is 10.2 Å². The molecule has 3 N–H and O–H groups in total. The lowest BCUT2D eigenvalue weighted by molar-refractivity contribution is -0.129. The molecule has 11 heteroatoms. The molecule has 0 fully saturated rings. The fraction of sp³-hybridized carbons (Fsp3) is 0.130.